The highest BCUT2D eigenvalue weighted by Gasteiger charge is 2.67. The summed E-state index contributed by atoms with van der Waals surface area (Å²) in [5.41, 5.74) is -0.640. The molecule has 5 rings (SSSR count). The van der Waals surface area contributed by atoms with E-state index in [0.29, 0.717) is 19.7 Å². The lowest BCUT2D eigenvalue weighted by Crippen LogP contribution is -2.48. The maximum absolute atomic E-state index is 13.2. The second-order valence-electron chi connectivity index (χ2n) is 7.76. The molecule has 1 aromatic carbocycles. The van der Waals surface area contributed by atoms with Crippen molar-refractivity contribution in [1.82, 2.24) is 9.80 Å². The Morgan fingerprint density at radius 2 is 2.04 bits per heavy atom. The lowest BCUT2D eigenvalue weighted by molar-refractivity contribution is -0.143. The first-order valence-electron chi connectivity index (χ1n) is 9.88. The number of amides is 2. The average Bonchev–Trinajstić information content (AvgIpc) is 3.37. The maximum Gasteiger partial charge on any atom is 0.230 e. The number of carbonyl (C=O) groups is 2. The fourth-order valence-electron chi connectivity index (χ4n) is 4.83. The van der Waals surface area contributed by atoms with Crippen LogP contribution in [0.4, 0.5) is 0 Å². The van der Waals surface area contributed by atoms with E-state index in [4.69, 9.17) is 9.47 Å². The summed E-state index contributed by atoms with van der Waals surface area (Å²) in [7, 11) is 0. The van der Waals surface area contributed by atoms with Crippen LogP contribution in [0.2, 0.25) is 0 Å². The van der Waals surface area contributed by atoms with Gasteiger partial charge >= 0.3 is 0 Å². The second kappa shape index (κ2) is 7.12. The van der Waals surface area contributed by atoms with E-state index in [-0.39, 0.29) is 23.8 Å². The monoisotopic (exact) mass is 400 g/mol. The van der Waals surface area contributed by atoms with Gasteiger partial charge in [-0.05, 0) is 12.1 Å². The second-order valence-corrected chi connectivity index (χ2v) is 8.98. The van der Waals surface area contributed by atoms with Gasteiger partial charge in [0.05, 0.1) is 31.0 Å². The third kappa shape index (κ3) is 2.92. The van der Waals surface area contributed by atoms with E-state index < -0.39 is 11.5 Å². The van der Waals surface area contributed by atoms with Crippen molar-refractivity contribution in [3.63, 3.8) is 0 Å². The van der Waals surface area contributed by atoms with E-state index in [1.807, 2.05) is 59.1 Å². The van der Waals surface area contributed by atoms with Gasteiger partial charge < -0.3 is 19.3 Å². The van der Waals surface area contributed by atoms with Crippen LogP contribution >= 0.6 is 11.8 Å². The van der Waals surface area contributed by atoms with Crippen LogP contribution in [0, 0.1) is 11.8 Å². The zero-order valence-corrected chi connectivity index (χ0v) is 16.5. The van der Waals surface area contributed by atoms with Gasteiger partial charge in [-0.25, -0.2) is 0 Å². The molecule has 148 valence electrons. The first kappa shape index (κ1) is 18.1. The standard InChI is InChI=1S/C21H24N2O4S/c24-19(22-9-12-28-13-10-22)17-16-6-7-21(27-16)14-23(20(25)18(17)21)8-11-26-15-4-2-1-3-5-15/h1-7,16-18H,8-14H2/t16-,17-,18+,21-/m0/s1. The van der Waals surface area contributed by atoms with Gasteiger partial charge in [-0.3, -0.25) is 9.59 Å². The molecule has 0 radical (unpaired) electrons. The quantitative estimate of drug-likeness (QED) is 0.700. The molecule has 6 nitrogen and oxygen atoms in total. The van der Waals surface area contributed by atoms with Crippen molar-refractivity contribution in [2.45, 2.75) is 11.7 Å². The van der Waals surface area contributed by atoms with Gasteiger partial charge in [0, 0.05) is 24.6 Å². The number of thioether (sulfide) groups is 1. The van der Waals surface area contributed by atoms with Gasteiger partial charge in [0.25, 0.3) is 0 Å². The molecule has 4 atom stereocenters. The van der Waals surface area contributed by atoms with Gasteiger partial charge in [0.1, 0.15) is 18.0 Å². The highest BCUT2D eigenvalue weighted by molar-refractivity contribution is 7.99. The predicted octanol–water partition coefficient (Wildman–Crippen LogP) is 1.42. The number of carbonyl (C=O) groups excluding carboxylic acids is 2. The summed E-state index contributed by atoms with van der Waals surface area (Å²) in [4.78, 5) is 30.1. The number of hydrogen-bond donors (Lipinski definition) is 0. The number of hydrogen-bond acceptors (Lipinski definition) is 5. The molecule has 4 heterocycles. The third-order valence-electron chi connectivity index (χ3n) is 6.16. The Balaban J connectivity index is 1.28. The Labute approximate surface area is 168 Å². The van der Waals surface area contributed by atoms with E-state index in [1.54, 1.807) is 4.90 Å². The average molecular weight is 401 g/mol. The molecule has 2 amide bonds. The van der Waals surface area contributed by atoms with Crippen LogP contribution in [-0.4, -0.2) is 77.6 Å². The summed E-state index contributed by atoms with van der Waals surface area (Å²) in [6.07, 6.45) is 3.72. The van der Waals surface area contributed by atoms with E-state index in [2.05, 4.69) is 0 Å². The first-order chi connectivity index (χ1) is 13.7. The predicted molar refractivity (Wildman–Crippen MR) is 106 cm³/mol. The van der Waals surface area contributed by atoms with Gasteiger partial charge in [-0.2, -0.15) is 11.8 Å². The van der Waals surface area contributed by atoms with Crippen molar-refractivity contribution in [3.8, 4) is 5.75 Å². The van der Waals surface area contributed by atoms with Crippen LogP contribution < -0.4 is 4.74 Å². The molecular formula is C21H24N2O4S. The van der Waals surface area contributed by atoms with Crippen LogP contribution in [-0.2, 0) is 14.3 Å². The Hall–Kier alpha value is -1.99. The topological polar surface area (TPSA) is 59.1 Å². The molecule has 0 aromatic heterocycles. The normalized spacial score (nSPS) is 33.4. The first-order valence-corrected chi connectivity index (χ1v) is 11.0. The van der Waals surface area contributed by atoms with Crippen LogP contribution in [0.5, 0.6) is 5.75 Å². The largest absolute Gasteiger partial charge is 0.492 e. The van der Waals surface area contributed by atoms with E-state index in [1.165, 1.54) is 0 Å². The summed E-state index contributed by atoms with van der Waals surface area (Å²) in [6.45, 7) is 2.95. The molecule has 7 heteroatoms. The van der Waals surface area contributed by atoms with Crippen LogP contribution in [0.3, 0.4) is 0 Å². The van der Waals surface area contributed by atoms with E-state index in [0.717, 1.165) is 30.3 Å². The van der Waals surface area contributed by atoms with E-state index in [9.17, 15) is 9.59 Å². The van der Waals surface area contributed by atoms with Crippen molar-refractivity contribution in [2.75, 3.05) is 44.3 Å². The van der Waals surface area contributed by atoms with Crippen LogP contribution in [0.25, 0.3) is 0 Å². The Morgan fingerprint density at radius 3 is 2.82 bits per heavy atom. The molecule has 4 aliphatic rings. The smallest absolute Gasteiger partial charge is 0.230 e. The van der Waals surface area contributed by atoms with Crippen LogP contribution in [0.15, 0.2) is 42.5 Å². The van der Waals surface area contributed by atoms with Crippen molar-refractivity contribution >= 4 is 23.6 Å². The molecule has 0 aliphatic carbocycles. The van der Waals surface area contributed by atoms with Gasteiger partial charge in [-0.15, -0.1) is 0 Å². The van der Waals surface area contributed by atoms with E-state index >= 15 is 0 Å². The molecule has 4 aliphatic heterocycles. The molecule has 1 aromatic rings. The van der Waals surface area contributed by atoms with Crippen LogP contribution in [0.1, 0.15) is 0 Å². The summed E-state index contributed by atoms with van der Waals surface area (Å²) in [5.74, 6) is 2.03. The highest BCUT2D eigenvalue weighted by Crippen LogP contribution is 2.52. The van der Waals surface area contributed by atoms with Crippen molar-refractivity contribution in [2.24, 2.45) is 11.8 Å². The number of likely N-dealkylation sites (tertiary alicyclic amines) is 1. The summed E-state index contributed by atoms with van der Waals surface area (Å²) in [6, 6.07) is 9.59. The molecule has 1 spiro atoms. The number of ether oxygens (including phenoxy) is 2. The molecule has 28 heavy (non-hydrogen) atoms. The fraction of sp³-hybridized carbons (Fsp3) is 0.524. The Bertz CT molecular complexity index is 795. The lowest BCUT2D eigenvalue weighted by atomic mass is 9.76. The number of benzene rings is 1. The maximum atomic E-state index is 13.2. The SMILES string of the molecule is O=C([C@H]1[C@@H]2C=C[C@@]3(CN(CCOc4ccccc4)C(=O)[C@@H]13)O2)N1CCSCC1. The minimum Gasteiger partial charge on any atom is -0.492 e. The summed E-state index contributed by atoms with van der Waals surface area (Å²) in [5, 5.41) is 0. The number of nitrogens with zero attached hydrogens (tertiary/aromatic N) is 2. The lowest BCUT2D eigenvalue weighted by Gasteiger charge is -2.32. The number of rotatable bonds is 5. The van der Waals surface area contributed by atoms with Gasteiger partial charge in [0.15, 0.2) is 0 Å². The van der Waals surface area contributed by atoms with Crippen molar-refractivity contribution in [1.29, 1.82) is 0 Å². The molecule has 3 fully saturated rings. The van der Waals surface area contributed by atoms with Crippen molar-refractivity contribution in [3.05, 3.63) is 42.5 Å². The molecule has 0 unspecified atom stereocenters. The zero-order chi connectivity index (χ0) is 19.1. The zero-order valence-electron chi connectivity index (χ0n) is 15.7. The molecular weight excluding hydrogens is 376 g/mol. The minimum absolute atomic E-state index is 0.0215. The molecule has 0 saturated carbocycles. The molecule has 2 bridgehead atoms. The third-order valence-corrected chi connectivity index (χ3v) is 7.10. The number of fused-ring (bicyclic) bond motifs is 1. The number of para-hydroxylation sites is 1. The highest BCUT2D eigenvalue weighted by atomic mass is 32.2. The Morgan fingerprint density at radius 1 is 1.25 bits per heavy atom. The summed E-state index contributed by atoms with van der Waals surface area (Å²) < 4.78 is 12.0. The molecule has 3 saturated heterocycles. The van der Waals surface area contributed by atoms with Crippen molar-refractivity contribution < 1.29 is 19.1 Å². The Kier molecular flexibility index (Phi) is 4.59. The van der Waals surface area contributed by atoms with Gasteiger partial charge in [0.2, 0.25) is 11.8 Å². The van der Waals surface area contributed by atoms with Gasteiger partial charge in [-0.1, -0.05) is 30.4 Å². The summed E-state index contributed by atoms with van der Waals surface area (Å²) >= 11 is 1.87. The fourth-order valence-corrected chi connectivity index (χ4v) is 5.74. The minimum atomic E-state index is -0.640. The molecule has 0 N–H and O–H groups in total.